The lowest BCUT2D eigenvalue weighted by atomic mass is 9.77. The van der Waals surface area contributed by atoms with Crippen molar-refractivity contribution in [3.05, 3.63) is 28.8 Å². The van der Waals surface area contributed by atoms with Crippen LogP contribution in [-0.4, -0.2) is 25.2 Å². The van der Waals surface area contributed by atoms with Gasteiger partial charge in [0.15, 0.2) is 0 Å². The third-order valence-electron chi connectivity index (χ3n) is 2.70. The van der Waals surface area contributed by atoms with E-state index in [4.69, 9.17) is 4.65 Å². The molecule has 102 valence electrons. The number of nitrogens with one attached hydrogen (secondary N) is 1. The zero-order chi connectivity index (χ0) is 14.2. The Hall–Kier alpha value is -1.58. The third-order valence-corrected chi connectivity index (χ3v) is 2.70. The zero-order valence-electron chi connectivity index (χ0n) is 9.75. The number of amides is 1. The van der Waals surface area contributed by atoms with E-state index in [1.807, 2.05) is 5.48 Å². The van der Waals surface area contributed by atoms with Crippen LogP contribution in [0.5, 0.6) is 0 Å². The van der Waals surface area contributed by atoms with Gasteiger partial charge in [0.05, 0.1) is 19.3 Å². The fourth-order valence-corrected chi connectivity index (χ4v) is 1.86. The van der Waals surface area contributed by atoms with E-state index in [0.717, 1.165) is 13.2 Å². The Morgan fingerprint density at radius 1 is 1.53 bits per heavy atom. The maximum atomic E-state index is 12.9. The standard InChI is InChI=1S/C10H9BF3NO4/c1-18-15-9(16)5-2-7(10(12,13)14)6-4-19-11(17)8(6)3-5/h2-3,17H,4H2,1H3,(H,15,16). The molecule has 19 heavy (non-hydrogen) atoms. The molecule has 0 unspecified atom stereocenters. The van der Waals surface area contributed by atoms with Crippen LogP contribution in [0, 0.1) is 0 Å². The number of fused-ring (bicyclic) bond motifs is 1. The molecule has 9 heteroatoms. The molecule has 2 rings (SSSR count). The second-order valence-electron chi connectivity index (χ2n) is 3.89. The van der Waals surface area contributed by atoms with Crippen LogP contribution in [0.3, 0.4) is 0 Å². The summed E-state index contributed by atoms with van der Waals surface area (Å²) in [6, 6.07) is 1.85. The molecule has 1 aliphatic rings. The molecule has 1 amide bonds. The number of hydrogen-bond donors (Lipinski definition) is 2. The number of carbonyl (C=O) groups is 1. The summed E-state index contributed by atoms with van der Waals surface area (Å²) in [6.07, 6.45) is -4.64. The molecule has 0 spiro atoms. The predicted octanol–water partition coefficient (Wildman–Crippen LogP) is 0.214. The Labute approximate surface area is 106 Å². The summed E-state index contributed by atoms with van der Waals surface area (Å²) in [4.78, 5) is 15.9. The summed E-state index contributed by atoms with van der Waals surface area (Å²) < 4.78 is 43.4. The highest BCUT2D eigenvalue weighted by Gasteiger charge is 2.40. The minimum Gasteiger partial charge on any atom is -0.423 e. The van der Waals surface area contributed by atoms with Crippen LogP contribution in [0.2, 0.25) is 0 Å². The Bertz CT molecular complexity index is 520. The summed E-state index contributed by atoms with van der Waals surface area (Å²) in [5.74, 6) is -0.838. The monoisotopic (exact) mass is 275 g/mol. The van der Waals surface area contributed by atoms with Crippen molar-refractivity contribution in [2.45, 2.75) is 12.8 Å². The van der Waals surface area contributed by atoms with E-state index >= 15 is 0 Å². The van der Waals surface area contributed by atoms with Crippen LogP contribution in [0.15, 0.2) is 12.1 Å². The smallest absolute Gasteiger partial charge is 0.423 e. The van der Waals surface area contributed by atoms with Crippen LogP contribution in [0.25, 0.3) is 0 Å². The summed E-state index contributed by atoms with van der Waals surface area (Å²) in [7, 11) is -0.306. The molecular formula is C10H9BF3NO4. The molecule has 1 aromatic carbocycles. The normalized spacial score (nSPS) is 14.5. The molecular weight excluding hydrogens is 266 g/mol. The van der Waals surface area contributed by atoms with E-state index in [9.17, 15) is 23.0 Å². The highest BCUT2D eigenvalue weighted by molar-refractivity contribution is 6.61. The van der Waals surface area contributed by atoms with Gasteiger partial charge in [-0.3, -0.25) is 9.63 Å². The van der Waals surface area contributed by atoms with Crippen molar-refractivity contribution in [2.75, 3.05) is 7.11 Å². The SMILES string of the molecule is CONC(=O)c1cc2c(c(C(F)(F)F)c1)COB2O. The van der Waals surface area contributed by atoms with Gasteiger partial charge in [-0.05, 0) is 23.2 Å². The fourth-order valence-electron chi connectivity index (χ4n) is 1.86. The molecule has 0 fully saturated rings. The Morgan fingerprint density at radius 3 is 2.79 bits per heavy atom. The average Bonchev–Trinajstić information content (AvgIpc) is 2.69. The van der Waals surface area contributed by atoms with Gasteiger partial charge in [0.2, 0.25) is 0 Å². The van der Waals surface area contributed by atoms with Gasteiger partial charge in [-0.25, -0.2) is 5.48 Å². The Morgan fingerprint density at radius 2 is 2.21 bits per heavy atom. The van der Waals surface area contributed by atoms with E-state index in [2.05, 4.69) is 4.84 Å². The molecule has 1 aromatic rings. The zero-order valence-corrected chi connectivity index (χ0v) is 9.75. The molecule has 2 N–H and O–H groups in total. The van der Waals surface area contributed by atoms with Gasteiger partial charge in [0.25, 0.3) is 5.91 Å². The number of halogens is 3. The molecule has 0 aliphatic carbocycles. The van der Waals surface area contributed by atoms with Crippen LogP contribution in [0.4, 0.5) is 13.2 Å². The van der Waals surface area contributed by atoms with Crippen molar-refractivity contribution in [1.29, 1.82) is 0 Å². The van der Waals surface area contributed by atoms with Gasteiger partial charge in [-0.2, -0.15) is 13.2 Å². The van der Waals surface area contributed by atoms with Crippen molar-refractivity contribution >= 4 is 18.5 Å². The van der Waals surface area contributed by atoms with Crippen molar-refractivity contribution in [1.82, 2.24) is 5.48 Å². The fraction of sp³-hybridized carbons (Fsp3) is 0.300. The number of rotatable bonds is 2. The molecule has 1 aliphatic heterocycles. The van der Waals surface area contributed by atoms with Crippen molar-refractivity contribution in [3.63, 3.8) is 0 Å². The van der Waals surface area contributed by atoms with Crippen LogP contribution >= 0.6 is 0 Å². The van der Waals surface area contributed by atoms with Gasteiger partial charge < -0.3 is 9.68 Å². The van der Waals surface area contributed by atoms with E-state index in [1.54, 1.807) is 0 Å². The predicted molar refractivity (Wildman–Crippen MR) is 58.3 cm³/mol. The summed E-state index contributed by atoms with van der Waals surface area (Å²) in [5, 5.41) is 9.46. The maximum absolute atomic E-state index is 12.9. The second kappa shape index (κ2) is 4.84. The first-order valence-electron chi connectivity index (χ1n) is 5.21. The number of alkyl halides is 3. The topological polar surface area (TPSA) is 67.8 Å². The minimum absolute atomic E-state index is 0.0592. The molecule has 5 nitrogen and oxygen atoms in total. The van der Waals surface area contributed by atoms with Gasteiger partial charge in [0, 0.05) is 5.56 Å². The van der Waals surface area contributed by atoms with Gasteiger partial charge in [0.1, 0.15) is 0 Å². The van der Waals surface area contributed by atoms with Crippen molar-refractivity contribution in [2.24, 2.45) is 0 Å². The van der Waals surface area contributed by atoms with E-state index in [0.29, 0.717) is 6.07 Å². The number of benzene rings is 1. The summed E-state index contributed by atoms with van der Waals surface area (Å²) >= 11 is 0. The van der Waals surface area contributed by atoms with Gasteiger partial charge >= 0.3 is 13.3 Å². The van der Waals surface area contributed by atoms with Crippen molar-refractivity contribution in [3.8, 4) is 0 Å². The molecule has 0 atom stereocenters. The number of carbonyl (C=O) groups excluding carboxylic acids is 1. The summed E-state index contributed by atoms with van der Waals surface area (Å²) in [5.41, 5.74) is 0.437. The highest BCUT2D eigenvalue weighted by Crippen LogP contribution is 2.34. The number of hydrogen-bond acceptors (Lipinski definition) is 4. The minimum atomic E-state index is -4.64. The quantitative estimate of drug-likeness (QED) is 0.598. The van der Waals surface area contributed by atoms with E-state index < -0.39 is 24.8 Å². The van der Waals surface area contributed by atoms with Gasteiger partial charge in [-0.15, -0.1) is 0 Å². The van der Waals surface area contributed by atoms with Crippen molar-refractivity contribution < 1.29 is 32.5 Å². The second-order valence-corrected chi connectivity index (χ2v) is 3.89. The van der Waals surface area contributed by atoms with Gasteiger partial charge in [-0.1, -0.05) is 0 Å². The molecule has 0 saturated carbocycles. The first kappa shape index (κ1) is 13.8. The summed E-state index contributed by atoms with van der Waals surface area (Å²) in [6.45, 7) is -0.350. The highest BCUT2D eigenvalue weighted by atomic mass is 19.4. The van der Waals surface area contributed by atoms with Crippen LogP contribution < -0.4 is 10.9 Å². The van der Waals surface area contributed by atoms with Crippen LogP contribution in [-0.2, 0) is 22.3 Å². The lowest BCUT2D eigenvalue weighted by Gasteiger charge is -2.13. The maximum Gasteiger partial charge on any atom is 0.491 e. The Balaban J connectivity index is 2.55. The first-order chi connectivity index (χ1) is 8.84. The molecule has 1 heterocycles. The third kappa shape index (κ3) is 2.58. The Kier molecular flexibility index (Phi) is 3.53. The lowest BCUT2D eigenvalue weighted by molar-refractivity contribution is -0.138. The van der Waals surface area contributed by atoms with E-state index in [1.165, 1.54) is 0 Å². The van der Waals surface area contributed by atoms with Crippen LogP contribution in [0.1, 0.15) is 21.5 Å². The van der Waals surface area contributed by atoms with E-state index in [-0.39, 0.29) is 23.2 Å². The largest absolute Gasteiger partial charge is 0.491 e. The molecule has 0 saturated heterocycles. The number of hydroxylamine groups is 1. The average molecular weight is 275 g/mol. The first-order valence-corrected chi connectivity index (χ1v) is 5.21. The lowest BCUT2D eigenvalue weighted by Crippen LogP contribution is -2.32. The molecule has 0 aromatic heterocycles. The molecule has 0 radical (unpaired) electrons. The molecule has 0 bridgehead atoms.